The van der Waals surface area contributed by atoms with E-state index in [4.69, 9.17) is 5.73 Å². The van der Waals surface area contributed by atoms with Crippen LogP contribution in [-0.4, -0.2) is 42.2 Å². The lowest BCUT2D eigenvalue weighted by Gasteiger charge is -2.25. The minimum absolute atomic E-state index is 0.375. The maximum absolute atomic E-state index is 5.95. The summed E-state index contributed by atoms with van der Waals surface area (Å²) in [5, 5.41) is 7.06. The van der Waals surface area contributed by atoms with E-state index in [-0.39, 0.29) is 0 Å². The molecule has 2 saturated carbocycles. The Morgan fingerprint density at radius 1 is 1.18 bits per heavy atom. The van der Waals surface area contributed by atoms with Crippen LogP contribution in [0.5, 0.6) is 0 Å². The van der Waals surface area contributed by atoms with Crippen LogP contribution in [0.1, 0.15) is 32.1 Å². The van der Waals surface area contributed by atoms with Gasteiger partial charge < -0.3 is 21.3 Å². The summed E-state index contributed by atoms with van der Waals surface area (Å²) in [5.74, 6) is 3.99. The summed E-state index contributed by atoms with van der Waals surface area (Å²) in [7, 11) is 0. The van der Waals surface area contributed by atoms with Gasteiger partial charge in [-0.1, -0.05) is 6.42 Å². The average molecular weight is 302 g/mol. The topological polar surface area (TPSA) is 79.1 Å². The zero-order valence-electron chi connectivity index (χ0n) is 13.1. The minimum Gasteiger partial charge on any atom is -0.368 e. The van der Waals surface area contributed by atoms with Crippen LogP contribution >= 0.6 is 0 Å². The first-order chi connectivity index (χ1) is 10.8. The van der Waals surface area contributed by atoms with Crippen molar-refractivity contribution in [2.75, 3.05) is 42.1 Å². The van der Waals surface area contributed by atoms with Crippen molar-refractivity contribution in [2.45, 2.75) is 38.1 Å². The van der Waals surface area contributed by atoms with Crippen molar-refractivity contribution in [3.63, 3.8) is 0 Å². The molecule has 1 aromatic rings. The van der Waals surface area contributed by atoms with Crippen LogP contribution in [0.25, 0.3) is 0 Å². The zero-order chi connectivity index (χ0) is 14.9. The first kappa shape index (κ1) is 14.1. The Hall–Kier alpha value is -1.56. The van der Waals surface area contributed by atoms with Crippen molar-refractivity contribution >= 4 is 17.6 Å². The lowest BCUT2D eigenvalue weighted by atomic mass is 9.95. The van der Waals surface area contributed by atoms with Gasteiger partial charge in [0.05, 0.1) is 0 Å². The smallest absolute Gasteiger partial charge is 0.223 e. The fourth-order valence-corrected chi connectivity index (χ4v) is 4.37. The van der Waals surface area contributed by atoms with Crippen molar-refractivity contribution < 1.29 is 0 Å². The second kappa shape index (κ2) is 5.91. The third kappa shape index (κ3) is 2.84. The second-order valence-electron chi connectivity index (χ2n) is 6.99. The van der Waals surface area contributed by atoms with Gasteiger partial charge >= 0.3 is 0 Å². The van der Waals surface area contributed by atoms with Crippen LogP contribution < -0.4 is 21.3 Å². The molecule has 3 fully saturated rings. The lowest BCUT2D eigenvalue weighted by Crippen LogP contribution is -2.30. The molecule has 1 saturated heterocycles. The first-order valence-electron chi connectivity index (χ1n) is 8.65. The van der Waals surface area contributed by atoms with Crippen LogP contribution in [-0.2, 0) is 0 Å². The van der Waals surface area contributed by atoms with E-state index in [9.17, 15) is 0 Å². The Kier molecular flexibility index (Phi) is 3.78. The van der Waals surface area contributed by atoms with Gasteiger partial charge in [-0.05, 0) is 44.1 Å². The van der Waals surface area contributed by atoms with Crippen LogP contribution in [0, 0.1) is 11.8 Å². The molecule has 0 radical (unpaired) electrons. The minimum atomic E-state index is 0.375. The van der Waals surface area contributed by atoms with Crippen molar-refractivity contribution in [1.82, 2.24) is 15.3 Å². The number of nitrogens with zero attached hydrogens (tertiary/aromatic N) is 3. The predicted molar refractivity (Wildman–Crippen MR) is 89.0 cm³/mol. The molecule has 3 atom stereocenters. The van der Waals surface area contributed by atoms with Crippen molar-refractivity contribution in [1.29, 1.82) is 0 Å². The number of rotatable bonds is 3. The molecule has 6 heteroatoms. The number of anilines is 3. The van der Waals surface area contributed by atoms with Crippen LogP contribution in [0.3, 0.4) is 0 Å². The van der Waals surface area contributed by atoms with Crippen LogP contribution in [0.4, 0.5) is 17.6 Å². The molecular formula is C16H26N6. The number of nitrogens with two attached hydrogens (primary N) is 1. The molecule has 120 valence electrons. The lowest BCUT2D eigenvalue weighted by molar-refractivity contribution is 0.439. The maximum Gasteiger partial charge on any atom is 0.223 e. The maximum atomic E-state index is 5.95. The summed E-state index contributed by atoms with van der Waals surface area (Å²) in [6.45, 7) is 4.08. The quantitative estimate of drug-likeness (QED) is 0.784. The fourth-order valence-electron chi connectivity index (χ4n) is 4.37. The summed E-state index contributed by atoms with van der Waals surface area (Å²) >= 11 is 0. The Labute approximate surface area is 131 Å². The largest absolute Gasteiger partial charge is 0.368 e. The summed E-state index contributed by atoms with van der Waals surface area (Å²) in [6, 6.07) is 2.65. The summed E-state index contributed by atoms with van der Waals surface area (Å²) in [5.41, 5.74) is 5.95. The molecule has 1 aromatic heterocycles. The third-order valence-corrected chi connectivity index (χ3v) is 5.47. The van der Waals surface area contributed by atoms with Gasteiger partial charge in [-0.3, -0.25) is 0 Å². The number of nitrogens with one attached hydrogen (secondary N) is 2. The molecule has 4 N–H and O–H groups in total. The molecule has 0 amide bonds. The highest BCUT2D eigenvalue weighted by Crippen LogP contribution is 2.45. The van der Waals surface area contributed by atoms with Gasteiger partial charge in [0.25, 0.3) is 0 Å². The van der Waals surface area contributed by atoms with Gasteiger partial charge in [-0.15, -0.1) is 0 Å². The van der Waals surface area contributed by atoms with Gasteiger partial charge in [0.15, 0.2) is 0 Å². The molecule has 2 bridgehead atoms. The van der Waals surface area contributed by atoms with E-state index in [0.29, 0.717) is 12.0 Å². The number of hydrogen-bond acceptors (Lipinski definition) is 6. The molecule has 6 nitrogen and oxygen atoms in total. The van der Waals surface area contributed by atoms with E-state index in [1.807, 2.05) is 0 Å². The normalized spacial score (nSPS) is 31.3. The van der Waals surface area contributed by atoms with E-state index in [1.165, 1.54) is 25.7 Å². The second-order valence-corrected chi connectivity index (χ2v) is 6.99. The number of hydrogen-bond donors (Lipinski definition) is 3. The van der Waals surface area contributed by atoms with E-state index in [0.717, 1.165) is 56.1 Å². The van der Waals surface area contributed by atoms with Crippen molar-refractivity contribution in [2.24, 2.45) is 11.8 Å². The Balaban J connectivity index is 1.50. The van der Waals surface area contributed by atoms with Gasteiger partial charge in [0, 0.05) is 31.7 Å². The SMILES string of the molecule is Nc1nc(NC2CC3CCC2C3)cc(N2CCCNCC2)n1. The predicted octanol–water partition coefficient (Wildman–Crippen LogP) is 1.46. The monoisotopic (exact) mass is 302 g/mol. The van der Waals surface area contributed by atoms with Crippen LogP contribution in [0.2, 0.25) is 0 Å². The van der Waals surface area contributed by atoms with E-state index < -0.39 is 0 Å². The number of fused-ring (bicyclic) bond motifs is 2. The van der Waals surface area contributed by atoms with Gasteiger partial charge in [0.1, 0.15) is 11.6 Å². The summed E-state index contributed by atoms with van der Waals surface area (Å²) in [4.78, 5) is 11.2. The Bertz CT molecular complexity index is 525. The van der Waals surface area contributed by atoms with E-state index in [1.54, 1.807) is 0 Å². The standard InChI is InChI=1S/C16H26N6/c17-16-20-14(19-13-9-11-2-3-12(13)8-11)10-15(21-16)22-6-1-4-18-5-7-22/h10-13,18H,1-9H2,(H3,17,19,20,21). The number of nitrogen functional groups attached to an aromatic ring is 1. The van der Waals surface area contributed by atoms with Gasteiger partial charge in [-0.2, -0.15) is 9.97 Å². The molecule has 22 heavy (non-hydrogen) atoms. The molecule has 3 aliphatic rings. The molecular weight excluding hydrogens is 276 g/mol. The molecule has 4 rings (SSSR count). The molecule has 2 heterocycles. The Morgan fingerprint density at radius 3 is 2.95 bits per heavy atom. The van der Waals surface area contributed by atoms with Crippen molar-refractivity contribution in [3.8, 4) is 0 Å². The zero-order valence-corrected chi connectivity index (χ0v) is 13.1. The molecule has 2 aliphatic carbocycles. The fraction of sp³-hybridized carbons (Fsp3) is 0.750. The highest BCUT2D eigenvalue weighted by Gasteiger charge is 2.39. The number of aromatic nitrogens is 2. The molecule has 3 unspecified atom stereocenters. The van der Waals surface area contributed by atoms with Gasteiger partial charge in [0.2, 0.25) is 5.95 Å². The first-order valence-corrected chi connectivity index (χ1v) is 8.65. The molecule has 1 aliphatic heterocycles. The average Bonchev–Trinajstić information content (AvgIpc) is 3.00. The Morgan fingerprint density at radius 2 is 2.14 bits per heavy atom. The van der Waals surface area contributed by atoms with E-state index >= 15 is 0 Å². The summed E-state index contributed by atoms with van der Waals surface area (Å²) < 4.78 is 0. The summed E-state index contributed by atoms with van der Waals surface area (Å²) in [6.07, 6.45) is 6.60. The highest BCUT2D eigenvalue weighted by molar-refractivity contribution is 5.53. The molecule has 0 aromatic carbocycles. The van der Waals surface area contributed by atoms with Crippen molar-refractivity contribution in [3.05, 3.63) is 6.07 Å². The van der Waals surface area contributed by atoms with Gasteiger partial charge in [-0.25, -0.2) is 0 Å². The van der Waals surface area contributed by atoms with Crippen LogP contribution in [0.15, 0.2) is 6.07 Å². The highest BCUT2D eigenvalue weighted by atomic mass is 15.2. The van der Waals surface area contributed by atoms with E-state index in [2.05, 4.69) is 31.6 Å². The molecule has 0 spiro atoms. The third-order valence-electron chi connectivity index (χ3n) is 5.47.